The van der Waals surface area contributed by atoms with E-state index in [1.165, 1.54) is 6.26 Å². The first-order chi connectivity index (χ1) is 8.13. The summed E-state index contributed by atoms with van der Waals surface area (Å²) in [6.07, 6.45) is 1.71. The zero-order valence-electron chi connectivity index (χ0n) is 9.43. The summed E-state index contributed by atoms with van der Waals surface area (Å²) in [5.74, 6) is -1.40. The van der Waals surface area contributed by atoms with Crippen molar-refractivity contribution in [1.29, 1.82) is 0 Å². The number of nitrogens with one attached hydrogen (secondary N) is 1. The molecule has 0 fully saturated rings. The fourth-order valence-electron chi connectivity index (χ4n) is 1.09. The van der Waals surface area contributed by atoms with Crippen LogP contribution in [-0.4, -0.2) is 35.2 Å². The number of oxazole rings is 1. The van der Waals surface area contributed by atoms with Gasteiger partial charge in [0.2, 0.25) is 0 Å². The molecular formula is C10H14N2O5. The summed E-state index contributed by atoms with van der Waals surface area (Å²) < 4.78 is 9.70. The maximum absolute atomic E-state index is 11.2. The van der Waals surface area contributed by atoms with Gasteiger partial charge in [0, 0.05) is 13.0 Å². The Morgan fingerprint density at radius 2 is 2.35 bits per heavy atom. The average Bonchev–Trinajstić information content (AvgIpc) is 2.73. The number of aliphatic carboxylic acids is 1. The molecule has 0 aliphatic carbocycles. The van der Waals surface area contributed by atoms with Gasteiger partial charge in [-0.2, -0.15) is 4.98 Å². The predicted octanol–water partition coefficient (Wildman–Crippen LogP) is 1.13. The topological polar surface area (TPSA) is 102 Å². The number of carboxylic acid groups (broad SMARTS) is 1. The Balaban J connectivity index is 2.35. The van der Waals surface area contributed by atoms with Gasteiger partial charge in [0.1, 0.15) is 6.26 Å². The molecule has 94 valence electrons. The van der Waals surface area contributed by atoms with Crippen LogP contribution in [0.5, 0.6) is 0 Å². The largest absolute Gasteiger partial charge is 0.481 e. The van der Waals surface area contributed by atoms with Gasteiger partial charge in [0.25, 0.3) is 6.01 Å². The molecule has 0 aliphatic heterocycles. The molecule has 1 aromatic heterocycles. The monoisotopic (exact) mass is 242 g/mol. The molecule has 7 heteroatoms. The highest BCUT2D eigenvalue weighted by molar-refractivity contribution is 5.87. The number of carbonyl (C=O) groups excluding carboxylic acids is 1. The van der Waals surface area contributed by atoms with E-state index in [4.69, 9.17) is 14.3 Å². The van der Waals surface area contributed by atoms with Gasteiger partial charge in [-0.05, 0) is 13.3 Å². The lowest BCUT2D eigenvalue weighted by atomic mass is 10.3. The number of esters is 1. The highest BCUT2D eigenvalue weighted by Gasteiger charge is 2.12. The number of carbonyl (C=O) groups is 2. The van der Waals surface area contributed by atoms with Crippen LogP contribution in [-0.2, 0) is 9.53 Å². The summed E-state index contributed by atoms with van der Waals surface area (Å²) in [5.41, 5.74) is 0.0904. The molecule has 0 bridgehead atoms. The lowest BCUT2D eigenvalue weighted by molar-refractivity contribution is -0.137. The van der Waals surface area contributed by atoms with Crippen molar-refractivity contribution < 1.29 is 23.8 Å². The molecule has 1 heterocycles. The van der Waals surface area contributed by atoms with Gasteiger partial charge < -0.3 is 19.6 Å². The van der Waals surface area contributed by atoms with Crippen molar-refractivity contribution >= 4 is 18.0 Å². The van der Waals surface area contributed by atoms with E-state index in [0.717, 1.165) is 0 Å². The van der Waals surface area contributed by atoms with Crippen molar-refractivity contribution in [3.63, 3.8) is 0 Å². The number of hydrogen-bond donors (Lipinski definition) is 2. The Morgan fingerprint density at radius 3 is 3.00 bits per heavy atom. The number of aromatic nitrogens is 1. The van der Waals surface area contributed by atoms with Crippen molar-refractivity contribution in [2.45, 2.75) is 19.8 Å². The van der Waals surface area contributed by atoms with Crippen LogP contribution in [0, 0.1) is 0 Å². The summed E-state index contributed by atoms with van der Waals surface area (Å²) in [7, 11) is 0. The smallest absolute Gasteiger partial charge is 0.360 e. The fraction of sp³-hybridized carbons (Fsp3) is 0.500. The van der Waals surface area contributed by atoms with E-state index in [1.807, 2.05) is 0 Å². The third kappa shape index (κ3) is 4.54. The van der Waals surface area contributed by atoms with Crippen LogP contribution in [0.2, 0.25) is 0 Å². The molecule has 7 nitrogen and oxygen atoms in total. The van der Waals surface area contributed by atoms with E-state index in [9.17, 15) is 9.59 Å². The molecule has 0 aliphatic rings. The van der Waals surface area contributed by atoms with Gasteiger partial charge in [-0.3, -0.25) is 4.79 Å². The van der Waals surface area contributed by atoms with Gasteiger partial charge in [-0.1, -0.05) is 0 Å². The summed E-state index contributed by atoms with van der Waals surface area (Å²) in [6.45, 7) is 2.38. The molecule has 0 amide bonds. The highest BCUT2D eigenvalue weighted by atomic mass is 16.5. The van der Waals surface area contributed by atoms with Gasteiger partial charge >= 0.3 is 11.9 Å². The highest BCUT2D eigenvalue weighted by Crippen LogP contribution is 2.08. The van der Waals surface area contributed by atoms with E-state index in [0.29, 0.717) is 13.0 Å². The molecule has 2 N–H and O–H groups in total. The number of nitrogens with zero attached hydrogens (tertiary/aromatic N) is 1. The van der Waals surface area contributed by atoms with E-state index >= 15 is 0 Å². The first-order valence-electron chi connectivity index (χ1n) is 5.21. The summed E-state index contributed by atoms with van der Waals surface area (Å²) in [5, 5.41) is 11.2. The van der Waals surface area contributed by atoms with Crippen LogP contribution in [0.3, 0.4) is 0 Å². The van der Waals surface area contributed by atoms with Crippen molar-refractivity contribution in [1.82, 2.24) is 4.98 Å². The standard InChI is InChI=1S/C10H14N2O5/c1-2-16-9(15)7-6-17-10(12-7)11-5-3-4-8(13)14/h6H,2-5H2,1H3,(H,11,12)(H,13,14). The molecule has 0 aromatic carbocycles. The second-order valence-electron chi connectivity index (χ2n) is 3.18. The predicted molar refractivity (Wildman–Crippen MR) is 57.8 cm³/mol. The van der Waals surface area contributed by atoms with Crippen molar-refractivity contribution in [3.05, 3.63) is 12.0 Å². The molecule has 0 saturated heterocycles. The van der Waals surface area contributed by atoms with Crippen LogP contribution in [0.15, 0.2) is 10.7 Å². The first-order valence-corrected chi connectivity index (χ1v) is 5.21. The SMILES string of the molecule is CCOC(=O)c1coc(NCCCC(=O)O)n1. The van der Waals surface area contributed by atoms with Crippen LogP contribution in [0.1, 0.15) is 30.3 Å². The Morgan fingerprint density at radius 1 is 1.59 bits per heavy atom. The van der Waals surface area contributed by atoms with Gasteiger partial charge in [-0.15, -0.1) is 0 Å². The maximum atomic E-state index is 11.2. The minimum Gasteiger partial charge on any atom is -0.481 e. The zero-order valence-corrected chi connectivity index (χ0v) is 9.43. The molecule has 17 heavy (non-hydrogen) atoms. The number of hydrogen-bond acceptors (Lipinski definition) is 6. The summed E-state index contributed by atoms with van der Waals surface area (Å²) >= 11 is 0. The third-order valence-corrected chi connectivity index (χ3v) is 1.83. The van der Waals surface area contributed by atoms with Crippen molar-refractivity contribution in [2.24, 2.45) is 0 Å². The van der Waals surface area contributed by atoms with Crippen molar-refractivity contribution in [2.75, 3.05) is 18.5 Å². The van der Waals surface area contributed by atoms with E-state index in [1.54, 1.807) is 6.92 Å². The normalized spacial score (nSPS) is 9.94. The molecule has 0 spiro atoms. The van der Waals surface area contributed by atoms with Gasteiger partial charge in [0.15, 0.2) is 5.69 Å². The number of rotatable bonds is 7. The number of carboxylic acids is 1. The Hall–Kier alpha value is -2.05. The fourth-order valence-corrected chi connectivity index (χ4v) is 1.09. The van der Waals surface area contributed by atoms with E-state index < -0.39 is 11.9 Å². The minimum atomic E-state index is -0.855. The van der Waals surface area contributed by atoms with Crippen LogP contribution in [0.4, 0.5) is 6.01 Å². The molecule has 1 aromatic rings. The second-order valence-corrected chi connectivity index (χ2v) is 3.18. The molecule has 0 radical (unpaired) electrons. The first kappa shape index (κ1) is 13.0. The summed E-state index contributed by atoms with van der Waals surface area (Å²) in [6, 6.07) is 0.179. The number of anilines is 1. The average molecular weight is 242 g/mol. The van der Waals surface area contributed by atoms with Crippen molar-refractivity contribution in [3.8, 4) is 0 Å². The van der Waals surface area contributed by atoms with E-state index in [-0.39, 0.29) is 24.7 Å². The Labute approximate surface area is 97.8 Å². The molecule has 0 saturated carbocycles. The van der Waals surface area contributed by atoms with E-state index in [2.05, 4.69) is 10.3 Å². The summed E-state index contributed by atoms with van der Waals surface area (Å²) in [4.78, 5) is 25.3. The third-order valence-electron chi connectivity index (χ3n) is 1.83. The quantitative estimate of drug-likeness (QED) is 0.545. The molecule has 1 rings (SSSR count). The van der Waals surface area contributed by atoms with Gasteiger partial charge in [-0.25, -0.2) is 4.79 Å². The lowest BCUT2D eigenvalue weighted by Gasteiger charge is -1.98. The lowest BCUT2D eigenvalue weighted by Crippen LogP contribution is -2.07. The Bertz CT molecular complexity index is 388. The second kappa shape index (κ2) is 6.51. The molecule has 0 unspecified atom stereocenters. The van der Waals surface area contributed by atoms with Gasteiger partial charge in [0.05, 0.1) is 6.61 Å². The number of ether oxygens (including phenoxy) is 1. The van der Waals surface area contributed by atoms with Crippen LogP contribution in [0.25, 0.3) is 0 Å². The molecule has 0 atom stereocenters. The maximum Gasteiger partial charge on any atom is 0.360 e. The molecular weight excluding hydrogens is 228 g/mol. The zero-order chi connectivity index (χ0) is 12.7. The van der Waals surface area contributed by atoms with Crippen LogP contribution >= 0.6 is 0 Å². The van der Waals surface area contributed by atoms with Crippen LogP contribution < -0.4 is 5.32 Å². The Kier molecular flexibility index (Phi) is 4.99. The minimum absolute atomic E-state index is 0.0679.